The Labute approximate surface area is 118 Å². The lowest BCUT2D eigenvalue weighted by molar-refractivity contribution is 0.0948. The van der Waals surface area contributed by atoms with Gasteiger partial charge in [-0.1, -0.05) is 13.8 Å². The molecule has 0 saturated carbocycles. The van der Waals surface area contributed by atoms with E-state index in [0.29, 0.717) is 12.1 Å². The maximum Gasteiger partial charge on any atom is 0.254 e. The molecule has 1 N–H and O–H groups in total. The van der Waals surface area contributed by atoms with Crippen molar-refractivity contribution in [2.75, 3.05) is 0 Å². The van der Waals surface area contributed by atoms with Gasteiger partial charge in [0.1, 0.15) is 6.33 Å². The maximum absolute atomic E-state index is 12.2. The Morgan fingerprint density at radius 2 is 2.15 bits per heavy atom. The van der Waals surface area contributed by atoms with Gasteiger partial charge in [0.15, 0.2) is 0 Å². The minimum Gasteiger partial charge on any atom is -0.348 e. The first-order valence-electron chi connectivity index (χ1n) is 6.56. The number of hydrogen-bond acceptors (Lipinski definition) is 4. The van der Waals surface area contributed by atoms with E-state index in [1.165, 1.54) is 6.33 Å². The van der Waals surface area contributed by atoms with Crippen molar-refractivity contribution in [1.82, 2.24) is 25.1 Å². The molecule has 1 amide bonds. The van der Waals surface area contributed by atoms with Gasteiger partial charge < -0.3 is 5.32 Å². The molecule has 2 aromatic rings. The van der Waals surface area contributed by atoms with E-state index in [1.54, 1.807) is 17.1 Å². The normalized spacial score (nSPS) is 10.8. The van der Waals surface area contributed by atoms with Crippen LogP contribution in [-0.2, 0) is 13.6 Å². The number of rotatable bonds is 4. The number of carbonyl (C=O) groups excluding carboxylic acids is 1. The van der Waals surface area contributed by atoms with E-state index in [4.69, 9.17) is 0 Å². The van der Waals surface area contributed by atoms with Crippen molar-refractivity contribution in [1.29, 1.82) is 0 Å². The van der Waals surface area contributed by atoms with E-state index < -0.39 is 0 Å². The first kappa shape index (κ1) is 14.2. The van der Waals surface area contributed by atoms with Crippen LogP contribution in [0, 0.1) is 6.92 Å². The van der Waals surface area contributed by atoms with Crippen molar-refractivity contribution in [2.45, 2.75) is 33.2 Å². The average Bonchev–Trinajstić information content (AvgIpc) is 2.76. The van der Waals surface area contributed by atoms with Gasteiger partial charge in [-0.15, -0.1) is 0 Å². The summed E-state index contributed by atoms with van der Waals surface area (Å²) in [4.78, 5) is 20.4. The number of nitrogens with zero attached hydrogens (tertiary/aromatic N) is 4. The number of hydrogen-bond donors (Lipinski definition) is 1. The third-order valence-electron chi connectivity index (χ3n) is 3.31. The van der Waals surface area contributed by atoms with Gasteiger partial charge in [0.25, 0.3) is 5.91 Å². The molecule has 0 unspecified atom stereocenters. The summed E-state index contributed by atoms with van der Waals surface area (Å²) >= 11 is 0. The summed E-state index contributed by atoms with van der Waals surface area (Å²) in [6.07, 6.45) is 4.80. The highest BCUT2D eigenvalue weighted by Gasteiger charge is 2.15. The number of aryl methyl sites for hydroxylation is 1. The molecule has 6 nitrogen and oxygen atoms in total. The third-order valence-corrected chi connectivity index (χ3v) is 3.31. The largest absolute Gasteiger partial charge is 0.348 e. The van der Waals surface area contributed by atoms with Crippen molar-refractivity contribution in [3.05, 3.63) is 41.2 Å². The molecule has 0 saturated heterocycles. The summed E-state index contributed by atoms with van der Waals surface area (Å²) in [6, 6.07) is 0. The standard InChI is InChI=1S/C14H19N5O/c1-9(2)13-12(7-15-8-17-13)14(20)16-5-11-6-18-19(4)10(11)3/h6-9H,5H2,1-4H3,(H,16,20). The Hall–Kier alpha value is -2.24. The monoisotopic (exact) mass is 273 g/mol. The Morgan fingerprint density at radius 1 is 1.40 bits per heavy atom. The average molecular weight is 273 g/mol. The topological polar surface area (TPSA) is 72.7 Å². The molecule has 6 heteroatoms. The second kappa shape index (κ2) is 5.81. The Balaban J connectivity index is 2.11. The van der Waals surface area contributed by atoms with Crippen molar-refractivity contribution >= 4 is 5.91 Å². The highest BCUT2D eigenvalue weighted by atomic mass is 16.1. The van der Waals surface area contributed by atoms with Crippen molar-refractivity contribution < 1.29 is 4.79 Å². The minimum atomic E-state index is -0.155. The van der Waals surface area contributed by atoms with Gasteiger partial charge in [-0.25, -0.2) is 9.97 Å². The zero-order valence-electron chi connectivity index (χ0n) is 12.2. The molecular formula is C14H19N5O. The van der Waals surface area contributed by atoms with E-state index >= 15 is 0 Å². The summed E-state index contributed by atoms with van der Waals surface area (Å²) in [5.41, 5.74) is 3.34. The quantitative estimate of drug-likeness (QED) is 0.917. The summed E-state index contributed by atoms with van der Waals surface area (Å²) < 4.78 is 1.78. The number of amides is 1. The molecule has 0 aliphatic rings. The van der Waals surface area contributed by atoms with Crippen LogP contribution in [0.15, 0.2) is 18.7 Å². The molecule has 0 fully saturated rings. The first-order chi connectivity index (χ1) is 9.50. The van der Waals surface area contributed by atoms with Gasteiger partial charge in [0.2, 0.25) is 0 Å². The molecule has 0 bridgehead atoms. The maximum atomic E-state index is 12.2. The molecule has 106 valence electrons. The van der Waals surface area contributed by atoms with Crippen LogP contribution in [0.2, 0.25) is 0 Å². The van der Waals surface area contributed by atoms with Gasteiger partial charge in [-0.3, -0.25) is 9.48 Å². The van der Waals surface area contributed by atoms with E-state index in [0.717, 1.165) is 17.0 Å². The van der Waals surface area contributed by atoms with E-state index in [2.05, 4.69) is 20.4 Å². The molecule has 2 rings (SSSR count). The SMILES string of the molecule is Cc1c(CNC(=O)c2cncnc2C(C)C)cnn1C. The summed E-state index contributed by atoms with van der Waals surface area (Å²) in [5.74, 6) is 0.0245. The zero-order chi connectivity index (χ0) is 14.7. The predicted octanol–water partition coefficient (Wildman–Crippen LogP) is 1.57. The second-order valence-corrected chi connectivity index (χ2v) is 5.04. The molecule has 20 heavy (non-hydrogen) atoms. The fourth-order valence-corrected chi connectivity index (χ4v) is 1.96. The van der Waals surface area contributed by atoms with Crippen LogP contribution in [0.3, 0.4) is 0 Å². The van der Waals surface area contributed by atoms with Crippen LogP contribution in [0.4, 0.5) is 0 Å². The van der Waals surface area contributed by atoms with Crippen LogP contribution in [0.1, 0.15) is 47.1 Å². The Morgan fingerprint density at radius 3 is 2.75 bits per heavy atom. The minimum absolute atomic E-state index is 0.155. The van der Waals surface area contributed by atoms with Crippen molar-refractivity contribution in [3.8, 4) is 0 Å². The van der Waals surface area contributed by atoms with Gasteiger partial charge in [-0.2, -0.15) is 5.10 Å². The lowest BCUT2D eigenvalue weighted by Gasteiger charge is -2.10. The third kappa shape index (κ3) is 2.84. The molecule has 0 aliphatic heterocycles. The molecule has 0 aliphatic carbocycles. The number of nitrogens with one attached hydrogen (secondary N) is 1. The van der Waals surface area contributed by atoms with Gasteiger partial charge in [-0.05, 0) is 12.8 Å². The fraction of sp³-hybridized carbons (Fsp3) is 0.429. The molecule has 0 radical (unpaired) electrons. The molecular weight excluding hydrogens is 254 g/mol. The molecule has 0 atom stereocenters. The van der Waals surface area contributed by atoms with Crippen LogP contribution >= 0.6 is 0 Å². The molecule has 2 aromatic heterocycles. The number of carbonyl (C=O) groups is 1. The first-order valence-corrected chi connectivity index (χ1v) is 6.56. The zero-order valence-corrected chi connectivity index (χ0v) is 12.2. The van der Waals surface area contributed by atoms with Crippen LogP contribution in [0.5, 0.6) is 0 Å². The van der Waals surface area contributed by atoms with Crippen LogP contribution in [-0.4, -0.2) is 25.7 Å². The van der Waals surface area contributed by atoms with Gasteiger partial charge in [0, 0.05) is 31.0 Å². The highest BCUT2D eigenvalue weighted by molar-refractivity contribution is 5.95. The smallest absolute Gasteiger partial charge is 0.254 e. The van der Waals surface area contributed by atoms with Crippen LogP contribution in [0.25, 0.3) is 0 Å². The summed E-state index contributed by atoms with van der Waals surface area (Å²) in [5, 5.41) is 7.05. The molecule has 0 aromatic carbocycles. The predicted molar refractivity (Wildman–Crippen MR) is 75.2 cm³/mol. The highest BCUT2D eigenvalue weighted by Crippen LogP contribution is 2.15. The molecule has 0 spiro atoms. The molecule has 2 heterocycles. The van der Waals surface area contributed by atoms with Gasteiger partial charge in [0.05, 0.1) is 17.5 Å². The van der Waals surface area contributed by atoms with E-state index in [-0.39, 0.29) is 11.8 Å². The lowest BCUT2D eigenvalue weighted by atomic mass is 10.0. The fourth-order valence-electron chi connectivity index (χ4n) is 1.96. The Bertz CT molecular complexity index is 618. The van der Waals surface area contributed by atoms with E-state index in [1.807, 2.05) is 27.8 Å². The summed E-state index contributed by atoms with van der Waals surface area (Å²) in [7, 11) is 1.88. The Kier molecular flexibility index (Phi) is 4.12. The van der Waals surface area contributed by atoms with Crippen molar-refractivity contribution in [2.24, 2.45) is 7.05 Å². The second-order valence-electron chi connectivity index (χ2n) is 5.04. The summed E-state index contributed by atoms with van der Waals surface area (Å²) in [6.45, 7) is 6.43. The number of aromatic nitrogens is 4. The van der Waals surface area contributed by atoms with E-state index in [9.17, 15) is 4.79 Å². The van der Waals surface area contributed by atoms with Crippen LogP contribution < -0.4 is 5.32 Å². The van der Waals surface area contributed by atoms with Gasteiger partial charge >= 0.3 is 0 Å². The lowest BCUT2D eigenvalue weighted by Crippen LogP contribution is -2.25. The van der Waals surface area contributed by atoms with Crippen molar-refractivity contribution in [3.63, 3.8) is 0 Å².